The molecule has 0 bridgehead atoms. The van der Waals surface area contributed by atoms with Gasteiger partial charge in [0.05, 0.1) is 19.3 Å². The lowest BCUT2D eigenvalue weighted by Crippen LogP contribution is -2.09. The molecule has 0 unspecified atom stereocenters. The molecule has 0 fully saturated rings. The summed E-state index contributed by atoms with van der Waals surface area (Å²) < 4.78 is 23.5. The van der Waals surface area contributed by atoms with Crippen molar-refractivity contribution in [2.24, 2.45) is 0 Å². The standard InChI is InChI=1S/C16H15FO4/c1-20-16(19)14-8-13(17)7-6-12(14)10-21-15-5-3-2-4-11(15)9-18/h2-8,18H,9-10H2,1H3. The predicted octanol–water partition coefficient (Wildman–Crippen LogP) is 2.68. The zero-order valence-corrected chi connectivity index (χ0v) is 11.5. The lowest BCUT2D eigenvalue weighted by Gasteiger charge is -2.12. The molecule has 0 aliphatic rings. The first kappa shape index (κ1) is 15.0. The first-order valence-corrected chi connectivity index (χ1v) is 6.34. The number of aliphatic hydroxyl groups excluding tert-OH is 1. The number of aliphatic hydroxyl groups is 1. The molecule has 110 valence electrons. The van der Waals surface area contributed by atoms with Gasteiger partial charge in [-0.05, 0) is 18.2 Å². The Balaban J connectivity index is 2.22. The fraction of sp³-hybridized carbons (Fsp3) is 0.188. The number of hydrogen-bond donors (Lipinski definition) is 1. The summed E-state index contributed by atoms with van der Waals surface area (Å²) in [5.74, 6) is -0.626. The Morgan fingerprint density at radius 1 is 1.19 bits per heavy atom. The number of hydrogen-bond acceptors (Lipinski definition) is 4. The molecule has 2 aromatic rings. The molecule has 1 N–H and O–H groups in total. The van der Waals surface area contributed by atoms with E-state index in [4.69, 9.17) is 4.74 Å². The van der Waals surface area contributed by atoms with Crippen LogP contribution in [0.3, 0.4) is 0 Å². The number of rotatable bonds is 5. The van der Waals surface area contributed by atoms with Crippen LogP contribution in [0.1, 0.15) is 21.5 Å². The molecule has 0 amide bonds. The van der Waals surface area contributed by atoms with E-state index in [1.807, 2.05) is 0 Å². The van der Waals surface area contributed by atoms with E-state index in [9.17, 15) is 14.3 Å². The van der Waals surface area contributed by atoms with E-state index in [-0.39, 0.29) is 18.8 Å². The maximum Gasteiger partial charge on any atom is 0.338 e. The molecule has 0 spiro atoms. The maximum atomic E-state index is 13.2. The summed E-state index contributed by atoms with van der Waals surface area (Å²) in [6.45, 7) is -0.0782. The minimum Gasteiger partial charge on any atom is -0.489 e. The van der Waals surface area contributed by atoms with Crippen LogP contribution >= 0.6 is 0 Å². The van der Waals surface area contributed by atoms with Crippen LogP contribution in [0.25, 0.3) is 0 Å². The van der Waals surface area contributed by atoms with Crippen LogP contribution in [-0.4, -0.2) is 18.2 Å². The average molecular weight is 290 g/mol. The van der Waals surface area contributed by atoms with Crippen LogP contribution in [0.4, 0.5) is 4.39 Å². The summed E-state index contributed by atoms with van der Waals surface area (Å²) in [5, 5.41) is 9.23. The first-order valence-electron chi connectivity index (χ1n) is 6.34. The van der Waals surface area contributed by atoms with Crippen molar-refractivity contribution >= 4 is 5.97 Å². The highest BCUT2D eigenvalue weighted by Gasteiger charge is 2.14. The zero-order valence-electron chi connectivity index (χ0n) is 11.5. The van der Waals surface area contributed by atoms with Gasteiger partial charge in [-0.25, -0.2) is 9.18 Å². The summed E-state index contributed by atoms with van der Waals surface area (Å²) in [7, 11) is 1.24. The van der Waals surface area contributed by atoms with Crippen molar-refractivity contribution in [3.8, 4) is 5.75 Å². The molecule has 0 saturated heterocycles. The van der Waals surface area contributed by atoms with E-state index in [1.165, 1.54) is 19.2 Å². The third kappa shape index (κ3) is 3.58. The van der Waals surface area contributed by atoms with Crippen molar-refractivity contribution in [3.63, 3.8) is 0 Å². The van der Waals surface area contributed by atoms with Gasteiger partial charge in [0.15, 0.2) is 0 Å². The molecule has 4 nitrogen and oxygen atoms in total. The quantitative estimate of drug-likeness (QED) is 0.860. The fourth-order valence-electron chi connectivity index (χ4n) is 1.91. The Morgan fingerprint density at radius 3 is 2.67 bits per heavy atom. The van der Waals surface area contributed by atoms with Gasteiger partial charge in [0.25, 0.3) is 0 Å². The Bertz CT molecular complexity index is 640. The van der Waals surface area contributed by atoms with Crippen LogP contribution in [-0.2, 0) is 18.0 Å². The second kappa shape index (κ2) is 6.85. The van der Waals surface area contributed by atoms with Crippen molar-refractivity contribution in [1.82, 2.24) is 0 Å². The molecular weight excluding hydrogens is 275 g/mol. The number of carbonyl (C=O) groups is 1. The van der Waals surface area contributed by atoms with Gasteiger partial charge in [-0.2, -0.15) is 0 Å². The number of methoxy groups -OCH3 is 1. The van der Waals surface area contributed by atoms with Crippen molar-refractivity contribution in [2.75, 3.05) is 7.11 Å². The number of benzene rings is 2. The normalized spacial score (nSPS) is 10.2. The molecule has 0 radical (unpaired) electrons. The van der Waals surface area contributed by atoms with E-state index in [1.54, 1.807) is 24.3 Å². The molecule has 0 aliphatic carbocycles. The molecule has 2 rings (SSSR count). The highest BCUT2D eigenvalue weighted by molar-refractivity contribution is 5.91. The number of ether oxygens (including phenoxy) is 2. The number of carbonyl (C=O) groups excluding carboxylic acids is 1. The fourth-order valence-corrected chi connectivity index (χ4v) is 1.91. The van der Waals surface area contributed by atoms with Gasteiger partial charge in [-0.3, -0.25) is 0 Å². The smallest absolute Gasteiger partial charge is 0.338 e. The summed E-state index contributed by atoms with van der Waals surface area (Å²) >= 11 is 0. The summed E-state index contributed by atoms with van der Waals surface area (Å²) in [5.41, 5.74) is 1.27. The van der Waals surface area contributed by atoms with Crippen molar-refractivity contribution in [2.45, 2.75) is 13.2 Å². The molecule has 0 aliphatic heterocycles. The van der Waals surface area contributed by atoms with Crippen LogP contribution in [0, 0.1) is 5.82 Å². The first-order chi connectivity index (χ1) is 10.2. The molecule has 5 heteroatoms. The molecular formula is C16H15FO4. The van der Waals surface area contributed by atoms with E-state index in [2.05, 4.69) is 4.74 Å². The highest BCUT2D eigenvalue weighted by Crippen LogP contribution is 2.21. The number of para-hydroxylation sites is 1. The van der Waals surface area contributed by atoms with Gasteiger partial charge in [-0.1, -0.05) is 24.3 Å². The minimum absolute atomic E-state index is 0.0712. The summed E-state index contributed by atoms with van der Waals surface area (Å²) in [4.78, 5) is 11.6. The lowest BCUT2D eigenvalue weighted by molar-refractivity contribution is 0.0597. The van der Waals surface area contributed by atoms with Gasteiger partial charge < -0.3 is 14.6 Å². The van der Waals surface area contributed by atoms with Crippen LogP contribution in [0.5, 0.6) is 5.75 Å². The van der Waals surface area contributed by atoms with Gasteiger partial charge >= 0.3 is 5.97 Å². The maximum absolute atomic E-state index is 13.2. The van der Waals surface area contributed by atoms with E-state index in [0.717, 1.165) is 6.07 Å². The van der Waals surface area contributed by atoms with E-state index < -0.39 is 11.8 Å². The summed E-state index contributed by atoms with van der Waals surface area (Å²) in [6.07, 6.45) is 0. The molecule has 0 heterocycles. The van der Waals surface area contributed by atoms with E-state index in [0.29, 0.717) is 16.9 Å². The Labute approximate surface area is 121 Å². The molecule has 0 saturated carbocycles. The Morgan fingerprint density at radius 2 is 1.95 bits per heavy atom. The zero-order chi connectivity index (χ0) is 15.2. The third-order valence-corrected chi connectivity index (χ3v) is 3.00. The predicted molar refractivity (Wildman–Crippen MR) is 74.4 cm³/mol. The minimum atomic E-state index is -0.622. The average Bonchev–Trinajstić information content (AvgIpc) is 2.53. The van der Waals surface area contributed by atoms with E-state index >= 15 is 0 Å². The lowest BCUT2D eigenvalue weighted by atomic mass is 10.1. The van der Waals surface area contributed by atoms with Crippen LogP contribution in [0.15, 0.2) is 42.5 Å². The van der Waals surface area contributed by atoms with Crippen LogP contribution in [0.2, 0.25) is 0 Å². The second-order valence-electron chi connectivity index (χ2n) is 4.35. The monoisotopic (exact) mass is 290 g/mol. The molecule has 21 heavy (non-hydrogen) atoms. The van der Waals surface area contributed by atoms with Gasteiger partial charge in [-0.15, -0.1) is 0 Å². The SMILES string of the molecule is COC(=O)c1cc(F)ccc1COc1ccccc1CO. The number of halogens is 1. The molecule has 0 aromatic heterocycles. The van der Waals surface area contributed by atoms with Gasteiger partial charge in [0, 0.05) is 11.1 Å². The Hall–Kier alpha value is -2.40. The second-order valence-corrected chi connectivity index (χ2v) is 4.35. The molecule has 0 atom stereocenters. The van der Waals surface area contributed by atoms with Crippen molar-refractivity contribution in [3.05, 3.63) is 65.0 Å². The topological polar surface area (TPSA) is 55.8 Å². The summed E-state index contributed by atoms with van der Waals surface area (Å²) in [6, 6.07) is 10.9. The van der Waals surface area contributed by atoms with Crippen molar-refractivity contribution < 1.29 is 23.8 Å². The van der Waals surface area contributed by atoms with Crippen LogP contribution < -0.4 is 4.74 Å². The largest absolute Gasteiger partial charge is 0.489 e. The number of esters is 1. The Kier molecular flexibility index (Phi) is 4.90. The highest BCUT2D eigenvalue weighted by atomic mass is 19.1. The van der Waals surface area contributed by atoms with Gasteiger partial charge in [0.1, 0.15) is 18.2 Å². The van der Waals surface area contributed by atoms with Gasteiger partial charge in [0.2, 0.25) is 0 Å². The van der Waals surface area contributed by atoms with Crippen molar-refractivity contribution in [1.29, 1.82) is 0 Å². The molecule has 2 aromatic carbocycles. The third-order valence-electron chi connectivity index (χ3n) is 3.00.